The number of ether oxygens (including phenoxy) is 2. The number of nitrogens with zero attached hydrogens (tertiary/aromatic N) is 3. The summed E-state index contributed by atoms with van der Waals surface area (Å²) in [7, 11) is 0. The standard InChI is InChI=1S/C20H20ClIN4O3/c1-13(27)16-8-9-18(19(21)17(16)12-22)29-11-3-2-10-28-15-6-4-14(5-7-15)20-23-25-26-24-20/h4-9H,2-3,10-12H2,1H3,(H,23,24,25,26). The lowest BCUT2D eigenvalue weighted by molar-refractivity contribution is 0.101. The largest absolute Gasteiger partial charge is 0.494 e. The summed E-state index contributed by atoms with van der Waals surface area (Å²) in [5.74, 6) is 1.95. The van der Waals surface area contributed by atoms with Crippen molar-refractivity contribution in [1.82, 2.24) is 20.6 Å². The maximum atomic E-state index is 11.7. The number of aromatic nitrogens is 4. The Bertz CT molecular complexity index is 949. The average molecular weight is 527 g/mol. The zero-order chi connectivity index (χ0) is 20.6. The zero-order valence-electron chi connectivity index (χ0n) is 15.8. The third-order valence-electron chi connectivity index (χ3n) is 4.24. The number of benzene rings is 2. The van der Waals surface area contributed by atoms with Gasteiger partial charge in [0.2, 0.25) is 5.82 Å². The summed E-state index contributed by atoms with van der Waals surface area (Å²) < 4.78 is 12.2. The molecule has 1 aromatic heterocycles. The second kappa shape index (κ2) is 10.5. The van der Waals surface area contributed by atoms with E-state index in [0.29, 0.717) is 39.8 Å². The Hall–Kier alpha value is -2.20. The SMILES string of the molecule is CC(=O)c1ccc(OCCCCOc2ccc(-c3nn[nH]n3)cc2)c(Cl)c1CI. The molecule has 0 fully saturated rings. The minimum atomic E-state index is 0.00703. The van der Waals surface area contributed by atoms with Gasteiger partial charge in [-0.3, -0.25) is 4.79 Å². The number of aromatic amines is 1. The Morgan fingerprint density at radius 3 is 2.45 bits per heavy atom. The average Bonchev–Trinajstić information content (AvgIpc) is 3.26. The van der Waals surface area contributed by atoms with E-state index >= 15 is 0 Å². The first-order valence-electron chi connectivity index (χ1n) is 9.08. The van der Waals surface area contributed by atoms with E-state index < -0.39 is 0 Å². The van der Waals surface area contributed by atoms with Crippen molar-refractivity contribution in [3.63, 3.8) is 0 Å². The van der Waals surface area contributed by atoms with E-state index in [2.05, 4.69) is 43.2 Å². The van der Waals surface area contributed by atoms with Crippen molar-refractivity contribution in [1.29, 1.82) is 0 Å². The van der Waals surface area contributed by atoms with Crippen LogP contribution in [0.4, 0.5) is 0 Å². The highest BCUT2D eigenvalue weighted by atomic mass is 127. The van der Waals surface area contributed by atoms with Crippen LogP contribution in [0.1, 0.15) is 35.7 Å². The van der Waals surface area contributed by atoms with Crippen molar-refractivity contribution >= 4 is 40.0 Å². The molecular weight excluding hydrogens is 507 g/mol. The van der Waals surface area contributed by atoms with Crippen LogP contribution in [0.5, 0.6) is 11.5 Å². The number of carbonyl (C=O) groups is 1. The van der Waals surface area contributed by atoms with E-state index in [0.717, 1.165) is 29.7 Å². The van der Waals surface area contributed by atoms with Crippen molar-refractivity contribution in [2.24, 2.45) is 0 Å². The molecule has 2 aromatic carbocycles. The lowest BCUT2D eigenvalue weighted by Gasteiger charge is -2.13. The number of alkyl halides is 1. The first-order chi connectivity index (χ1) is 14.1. The van der Waals surface area contributed by atoms with Crippen molar-refractivity contribution in [3.05, 3.63) is 52.5 Å². The van der Waals surface area contributed by atoms with Gasteiger partial charge < -0.3 is 9.47 Å². The van der Waals surface area contributed by atoms with Gasteiger partial charge in [-0.05, 0) is 66.9 Å². The quantitative estimate of drug-likeness (QED) is 0.175. The second-order valence-electron chi connectivity index (χ2n) is 6.26. The van der Waals surface area contributed by atoms with Crippen molar-refractivity contribution in [2.45, 2.75) is 24.2 Å². The molecule has 9 heteroatoms. The molecule has 0 radical (unpaired) electrons. The molecule has 0 aliphatic heterocycles. The minimum absolute atomic E-state index is 0.00703. The Balaban J connectivity index is 1.42. The Morgan fingerprint density at radius 1 is 1.10 bits per heavy atom. The molecule has 0 saturated heterocycles. The number of tetrazole rings is 1. The van der Waals surface area contributed by atoms with Crippen LogP contribution in [0, 0.1) is 0 Å². The number of rotatable bonds is 10. The van der Waals surface area contributed by atoms with Crippen LogP contribution >= 0.6 is 34.2 Å². The maximum absolute atomic E-state index is 11.7. The normalized spacial score (nSPS) is 10.7. The van der Waals surface area contributed by atoms with Gasteiger partial charge in [-0.25, -0.2) is 0 Å². The molecule has 0 amide bonds. The fraction of sp³-hybridized carbons (Fsp3) is 0.300. The van der Waals surface area contributed by atoms with Crippen molar-refractivity contribution < 1.29 is 14.3 Å². The molecule has 152 valence electrons. The Kier molecular flexibility index (Phi) is 7.82. The molecule has 0 aliphatic carbocycles. The second-order valence-corrected chi connectivity index (χ2v) is 7.40. The number of unbranched alkanes of at least 4 members (excludes halogenated alkanes) is 1. The number of H-pyrrole nitrogens is 1. The van der Waals surface area contributed by atoms with Gasteiger partial charge >= 0.3 is 0 Å². The summed E-state index contributed by atoms with van der Waals surface area (Å²) in [6, 6.07) is 11.1. The molecule has 29 heavy (non-hydrogen) atoms. The van der Waals surface area contributed by atoms with Gasteiger partial charge in [0.25, 0.3) is 0 Å². The predicted octanol–water partition coefficient (Wildman–Crippen LogP) is 4.90. The molecule has 3 aromatic rings. The van der Waals surface area contributed by atoms with Gasteiger partial charge in [-0.15, -0.1) is 10.2 Å². The topological polar surface area (TPSA) is 90.0 Å². The summed E-state index contributed by atoms with van der Waals surface area (Å²) in [5.41, 5.74) is 2.35. The highest BCUT2D eigenvalue weighted by Gasteiger charge is 2.14. The van der Waals surface area contributed by atoms with Gasteiger partial charge in [0.15, 0.2) is 5.78 Å². The fourth-order valence-corrected chi connectivity index (χ4v) is 4.04. The number of carbonyl (C=O) groups excluding carboxylic acids is 1. The molecule has 1 N–H and O–H groups in total. The highest BCUT2D eigenvalue weighted by Crippen LogP contribution is 2.33. The summed E-state index contributed by atoms with van der Waals surface area (Å²) >= 11 is 8.61. The molecule has 7 nitrogen and oxygen atoms in total. The van der Waals surface area contributed by atoms with Crippen LogP contribution < -0.4 is 9.47 Å². The van der Waals surface area contributed by atoms with Crippen LogP contribution in [-0.4, -0.2) is 39.6 Å². The summed E-state index contributed by atoms with van der Waals surface area (Å²) in [4.78, 5) is 11.7. The third kappa shape index (κ3) is 5.66. The highest BCUT2D eigenvalue weighted by molar-refractivity contribution is 14.1. The number of halogens is 2. The van der Waals surface area contributed by atoms with Crippen LogP contribution in [-0.2, 0) is 4.43 Å². The van der Waals surface area contributed by atoms with E-state index in [-0.39, 0.29) is 5.78 Å². The molecule has 1 heterocycles. The molecule has 0 atom stereocenters. The Labute approximate surface area is 187 Å². The third-order valence-corrected chi connectivity index (χ3v) is 5.42. The number of hydrogen-bond acceptors (Lipinski definition) is 6. The molecule has 0 aliphatic rings. The summed E-state index contributed by atoms with van der Waals surface area (Å²) in [6.07, 6.45) is 1.67. The maximum Gasteiger partial charge on any atom is 0.204 e. The van der Waals surface area contributed by atoms with Crippen LogP contribution in [0.3, 0.4) is 0 Å². The molecule has 0 unspecified atom stereocenters. The number of ketones is 1. The van der Waals surface area contributed by atoms with Crippen LogP contribution in [0.15, 0.2) is 36.4 Å². The molecular formula is C20H20ClIN4O3. The smallest absolute Gasteiger partial charge is 0.204 e. The van der Waals surface area contributed by atoms with E-state index in [1.165, 1.54) is 0 Å². The summed E-state index contributed by atoms with van der Waals surface area (Å²) in [5, 5.41) is 14.4. The minimum Gasteiger partial charge on any atom is -0.494 e. The van der Waals surface area contributed by atoms with E-state index in [9.17, 15) is 4.79 Å². The first-order valence-corrected chi connectivity index (χ1v) is 11.0. The zero-order valence-corrected chi connectivity index (χ0v) is 18.7. The monoisotopic (exact) mass is 526 g/mol. The number of Topliss-reactive ketones (excluding diaryl/α,β-unsaturated/α-hetero) is 1. The van der Waals surface area contributed by atoms with Crippen molar-refractivity contribution in [2.75, 3.05) is 13.2 Å². The summed E-state index contributed by atoms with van der Waals surface area (Å²) in [6.45, 7) is 2.65. The predicted molar refractivity (Wildman–Crippen MR) is 119 cm³/mol. The van der Waals surface area contributed by atoms with E-state index in [4.69, 9.17) is 21.1 Å². The van der Waals surface area contributed by atoms with Crippen LogP contribution in [0.2, 0.25) is 5.02 Å². The number of hydrogen-bond donors (Lipinski definition) is 1. The lowest BCUT2D eigenvalue weighted by Crippen LogP contribution is -2.05. The van der Waals surface area contributed by atoms with E-state index in [1.807, 2.05) is 24.3 Å². The van der Waals surface area contributed by atoms with Gasteiger partial charge in [0, 0.05) is 15.6 Å². The van der Waals surface area contributed by atoms with Gasteiger partial charge in [-0.2, -0.15) is 5.21 Å². The van der Waals surface area contributed by atoms with Crippen molar-refractivity contribution in [3.8, 4) is 22.9 Å². The van der Waals surface area contributed by atoms with Gasteiger partial charge in [0.1, 0.15) is 11.5 Å². The molecule has 0 bridgehead atoms. The molecule has 0 saturated carbocycles. The van der Waals surface area contributed by atoms with Gasteiger partial charge in [-0.1, -0.05) is 34.2 Å². The lowest BCUT2D eigenvalue weighted by atomic mass is 10.1. The molecule has 0 spiro atoms. The Morgan fingerprint density at radius 2 is 1.83 bits per heavy atom. The molecule has 3 rings (SSSR count). The van der Waals surface area contributed by atoms with Crippen LogP contribution in [0.25, 0.3) is 11.4 Å². The first kappa shape index (κ1) is 21.5. The number of nitrogens with one attached hydrogen (secondary N) is 1. The fourth-order valence-electron chi connectivity index (χ4n) is 2.73. The van der Waals surface area contributed by atoms with E-state index in [1.54, 1.807) is 19.1 Å². The van der Waals surface area contributed by atoms with Gasteiger partial charge in [0.05, 0.1) is 18.2 Å².